The molecule has 0 unspecified atom stereocenters. The third-order valence-electron chi connectivity index (χ3n) is 6.27. The van der Waals surface area contributed by atoms with Crippen molar-refractivity contribution in [3.8, 4) is 17.0 Å². The highest BCUT2D eigenvalue weighted by Crippen LogP contribution is 2.39. The molecule has 2 amide bonds. The minimum atomic E-state index is -1.07. The molecule has 0 bridgehead atoms. The van der Waals surface area contributed by atoms with Crippen molar-refractivity contribution in [3.63, 3.8) is 0 Å². The van der Waals surface area contributed by atoms with Gasteiger partial charge in [0.25, 0.3) is 11.8 Å². The first kappa shape index (κ1) is 33.4. The van der Waals surface area contributed by atoms with Crippen LogP contribution in [0.25, 0.3) is 11.3 Å². The Labute approximate surface area is 268 Å². The number of nitrogens with zero attached hydrogens (tertiary/aromatic N) is 4. The maximum absolute atomic E-state index is 13.3. The quantitative estimate of drug-likeness (QED) is 0.102. The molecule has 13 nitrogen and oxygen atoms in total. The predicted octanol–water partition coefficient (Wildman–Crippen LogP) is 0.335. The van der Waals surface area contributed by atoms with E-state index in [4.69, 9.17) is 9.47 Å². The van der Waals surface area contributed by atoms with Gasteiger partial charge in [-0.2, -0.15) is 0 Å². The fourth-order valence-electron chi connectivity index (χ4n) is 4.17. The number of nitrogens with one attached hydrogen (secondary N) is 4. The molecule has 0 atom stereocenters. The Morgan fingerprint density at radius 2 is 1.78 bits per heavy atom. The van der Waals surface area contributed by atoms with Gasteiger partial charge in [0.2, 0.25) is 0 Å². The van der Waals surface area contributed by atoms with Crippen LogP contribution in [0.1, 0.15) is 39.7 Å². The van der Waals surface area contributed by atoms with Crippen molar-refractivity contribution < 1.29 is 24.2 Å². The van der Waals surface area contributed by atoms with E-state index in [0.717, 1.165) is 0 Å². The zero-order valence-electron chi connectivity index (χ0n) is 26.3. The van der Waals surface area contributed by atoms with E-state index in [9.17, 15) is 14.7 Å². The Kier molecular flexibility index (Phi) is 10.5. The number of aromatic nitrogens is 4. The van der Waals surface area contributed by atoms with E-state index in [-0.39, 0.29) is 11.6 Å². The lowest BCUT2D eigenvalue weighted by Crippen LogP contribution is -2.50. The molecule has 17 heteroatoms. The third kappa shape index (κ3) is 8.81. The van der Waals surface area contributed by atoms with Crippen molar-refractivity contribution in [2.45, 2.75) is 24.7 Å². The van der Waals surface area contributed by atoms with Crippen molar-refractivity contribution in [1.82, 2.24) is 30.8 Å². The molecule has 4 aromatic rings. The first-order valence-corrected chi connectivity index (χ1v) is 15.0. The molecule has 0 aliphatic heterocycles. The fraction of sp³-hybridized carbons (Fsp3) is 0.286. The SMILES string of the molecule is BC(B)(B)NC(=O)c1nnc(Nc2cc(C(C)(C)O)ccn2)cc1Nc1cccc(-c2csc(C(=O)NCCOC)n2)c1OC. The number of methoxy groups -OCH3 is 2. The first-order chi connectivity index (χ1) is 21.3. The molecule has 5 N–H and O–H groups in total. The molecule has 232 valence electrons. The Morgan fingerprint density at radius 1 is 1.00 bits per heavy atom. The average molecular weight is 628 g/mol. The lowest BCUT2D eigenvalue weighted by molar-refractivity contribution is 0.0785. The summed E-state index contributed by atoms with van der Waals surface area (Å²) in [7, 11) is 8.70. The third-order valence-corrected chi connectivity index (χ3v) is 7.12. The number of anilines is 4. The summed E-state index contributed by atoms with van der Waals surface area (Å²) in [4.78, 5) is 34.7. The summed E-state index contributed by atoms with van der Waals surface area (Å²) in [5.41, 5.74) is 1.72. The molecule has 0 aliphatic carbocycles. The monoisotopic (exact) mass is 628 g/mol. The molecule has 0 saturated carbocycles. The largest absolute Gasteiger partial charge is 0.494 e. The van der Waals surface area contributed by atoms with Crippen LogP contribution in [0.5, 0.6) is 5.75 Å². The van der Waals surface area contributed by atoms with Crippen LogP contribution in [0.2, 0.25) is 0 Å². The highest BCUT2D eigenvalue weighted by atomic mass is 32.1. The van der Waals surface area contributed by atoms with Gasteiger partial charge < -0.3 is 35.8 Å². The van der Waals surface area contributed by atoms with Gasteiger partial charge in [-0.25, -0.2) is 9.97 Å². The number of hydrogen-bond donors (Lipinski definition) is 5. The number of benzene rings is 1. The summed E-state index contributed by atoms with van der Waals surface area (Å²) in [5.74, 6) is 0.472. The van der Waals surface area contributed by atoms with Gasteiger partial charge in [-0.05, 0) is 48.9 Å². The van der Waals surface area contributed by atoms with Crippen molar-refractivity contribution >= 4 is 69.7 Å². The van der Waals surface area contributed by atoms with Crippen molar-refractivity contribution in [3.05, 3.63) is 64.2 Å². The summed E-state index contributed by atoms with van der Waals surface area (Å²) in [5, 5.41) is 32.5. The molecule has 45 heavy (non-hydrogen) atoms. The zero-order valence-corrected chi connectivity index (χ0v) is 27.1. The topological polar surface area (TPSA) is 173 Å². The maximum Gasteiger partial charge on any atom is 0.280 e. The second kappa shape index (κ2) is 14.1. The van der Waals surface area contributed by atoms with Gasteiger partial charge in [0.15, 0.2) is 22.3 Å². The van der Waals surface area contributed by atoms with Gasteiger partial charge in [-0.3, -0.25) is 9.59 Å². The zero-order chi connectivity index (χ0) is 32.8. The van der Waals surface area contributed by atoms with Crippen LogP contribution in [0, 0.1) is 0 Å². The van der Waals surface area contributed by atoms with E-state index >= 15 is 0 Å². The fourth-order valence-corrected chi connectivity index (χ4v) is 4.91. The molecule has 0 spiro atoms. The molecule has 0 saturated heterocycles. The Hall–Kier alpha value is -4.47. The molecular weight excluding hydrogens is 593 g/mol. The normalized spacial score (nSPS) is 11.5. The number of pyridine rings is 1. The molecule has 0 radical (unpaired) electrons. The summed E-state index contributed by atoms with van der Waals surface area (Å²) >= 11 is 1.22. The smallest absolute Gasteiger partial charge is 0.280 e. The number of carbonyl (C=O) groups is 2. The first-order valence-electron chi connectivity index (χ1n) is 14.1. The van der Waals surface area contributed by atoms with Gasteiger partial charge in [0.1, 0.15) is 29.4 Å². The van der Waals surface area contributed by atoms with E-state index in [1.54, 1.807) is 56.8 Å². The van der Waals surface area contributed by atoms with Crippen LogP contribution in [0.15, 0.2) is 48.0 Å². The van der Waals surface area contributed by atoms with E-state index < -0.39 is 16.7 Å². The van der Waals surface area contributed by atoms with E-state index in [2.05, 4.69) is 41.4 Å². The molecule has 3 heterocycles. The Balaban J connectivity index is 1.70. The van der Waals surface area contributed by atoms with Gasteiger partial charge in [-0.1, -0.05) is 6.07 Å². The summed E-state index contributed by atoms with van der Waals surface area (Å²) in [6.45, 7) is 4.13. The van der Waals surface area contributed by atoms with Crippen molar-refractivity contribution in [2.75, 3.05) is 38.0 Å². The number of aliphatic hydroxyl groups is 1. The van der Waals surface area contributed by atoms with E-state index in [1.165, 1.54) is 18.4 Å². The highest BCUT2D eigenvalue weighted by Gasteiger charge is 2.23. The lowest BCUT2D eigenvalue weighted by Gasteiger charge is -2.22. The molecule has 0 aliphatic rings. The van der Waals surface area contributed by atoms with Crippen LogP contribution in [-0.4, -0.2) is 93.2 Å². The maximum atomic E-state index is 13.3. The second-order valence-corrected chi connectivity index (χ2v) is 12.5. The second-order valence-electron chi connectivity index (χ2n) is 11.6. The van der Waals surface area contributed by atoms with Crippen LogP contribution in [0.3, 0.4) is 0 Å². The van der Waals surface area contributed by atoms with Crippen molar-refractivity contribution in [2.24, 2.45) is 0 Å². The number of carbonyl (C=O) groups excluding carboxylic acids is 2. The lowest BCUT2D eigenvalue weighted by atomic mass is 9.49. The van der Waals surface area contributed by atoms with Crippen LogP contribution >= 0.6 is 11.3 Å². The average Bonchev–Trinajstić information content (AvgIpc) is 3.46. The number of ether oxygens (including phenoxy) is 2. The summed E-state index contributed by atoms with van der Waals surface area (Å²) < 4.78 is 10.8. The predicted molar refractivity (Wildman–Crippen MR) is 182 cm³/mol. The Morgan fingerprint density at radius 3 is 2.47 bits per heavy atom. The molecule has 0 fully saturated rings. The van der Waals surface area contributed by atoms with Crippen LogP contribution in [0.4, 0.5) is 23.0 Å². The number of thiazole rings is 1. The standard InChI is InChI=1S/C28H35B3N8O5S/c1-27(2,42)15-8-9-32-20(12-15)36-21-13-18(22(39-38-21)24(40)37-28(29,30)31)34-17-7-5-6-16(23(17)44-4)19-14-45-26(35-19)25(41)33-10-11-43-3/h5-9,12-14,42H,10-11,29-31H2,1-4H3,(H,33,41)(H,37,40)(H2,32,34,36,38). The highest BCUT2D eigenvalue weighted by molar-refractivity contribution is 7.12. The van der Waals surface area contributed by atoms with Gasteiger partial charge >= 0.3 is 0 Å². The van der Waals surface area contributed by atoms with E-state index in [1.807, 2.05) is 35.7 Å². The van der Waals surface area contributed by atoms with E-state index in [0.29, 0.717) is 63.7 Å². The minimum absolute atomic E-state index is 0.0600. The van der Waals surface area contributed by atoms with Crippen LogP contribution in [-0.2, 0) is 10.3 Å². The molecular formula is C28H35B3N8O5S. The Bertz CT molecular complexity index is 1680. The minimum Gasteiger partial charge on any atom is -0.494 e. The molecule has 3 aromatic heterocycles. The number of rotatable bonds is 13. The molecule has 4 rings (SSSR count). The van der Waals surface area contributed by atoms with Crippen LogP contribution < -0.4 is 26.0 Å². The molecule has 1 aromatic carbocycles. The summed E-state index contributed by atoms with van der Waals surface area (Å²) in [6, 6.07) is 10.5. The van der Waals surface area contributed by atoms with Gasteiger partial charge in [0, 0.05) is 36.9 Å². The number of para-hydroxylation sites is 1. The van der Waals surface area contributed by atoms with Gasteiger partial charge in [0.05, 0.1) is 36.4 Å². The number of hydrogen-bond acceptors (Lipinski definition) is 12. The van der Waals surface area contributed by atoms with Crippen molar-refractivity contribution in [1.29, 1.82) is 0 Å². The summed E-state index contributed by atoms with van der Waals surface area (Å²) in [6.07, 6.45) is 1.58. The number of amides is 2. The van der Waals surface area contributed by atoms with Gasteiger partial charge in [-0.15, -0.1) is 21.5 Å².